The Bertz CT molecular complexity index is 293. The highest BCUT2D eigenvalue weighted by atomic mass is 35.5. The summed E-state index contributed by atoms with van der Waals surface area (Å²) in [6, 6.07) is 8.56. The van der Waals surface area contributed by atoms with Crippen molar-refractivity contribution in [2.24, 2.45) is 0 Å². The van der Waals surface area contributed by atoms with Gasteiger partial charge >= 0.3 is 0 Å². The standard InChI is InChI=1S/C13H19NO.ClH/c1-11-4-6-12(7-5-11)10-15-13-3-2-8-14-9-13;/h4-7,13-14H,2-3,8-10H2,1H3;1H. The largest absolute Gasteiger partial charge is 0.372 e. The van der Waals surface area contributed by atoms with E-state index in [0.717, 1.165) is 19.7 Å². The normalized spacial score (nSPS) is 20.2. The monoisotopic (exact) mass is 241 g/mol. The van der Waals surface area contributed by atoms with Crippen LogP contribution in [0.25, 0.3) is 0 Å². The molecular weight excluding hydrogens is 222 g/mol. The van der Waals surface area contributed by atoms with Crippen LogP contribution < -0.4 is 5.32 Å². The fourth-order valence-electron chi connectivity index (χ4n) is 1.86. The van der Waals surface area contributed by atoms with Crippen LogP contribution in [0.5, 0.6) is 0 Å². The lowest BCUT2D eigenvalue weighted by atomic mass is 10.1. The Morgan fingerprint density at radius 1 is 1.31 bits per heavy atom. The summed E-state index contributed by atoms with van der Waals surface area (Å²) in [5.41, 5.74) is 2.57. The van der Waals surface area contributed by atoms with E-state index in [1.54, 1.807) is 0 Å². The maximum absolute atomic E-state index is 5.85. The van der Waals surface area contributed by atoms with E-state index < -0.39 is 0 Å². The maximum atomic E-state index is 5.85. The Morgan fingerprint density at radius 3 is 2.69 bits per heavy atom. The number of aryl methyl sites for hydroxylation is 1. The number of rotatable bonds is 3. The van der Waals surface area contributed by atoms with Gasteiger partial charge in [-0.25, -0.2) is 0 Å². The maximum Gasteiger partial charge on any atom is 0.0721 e. The topological polar surface area (TPSA) is 21.3 Å². The molecular formula is C13H20ClNO. The Kier molecular flexibility index (Phi) is 5.81. The van der Waals surface area contributed by atoms with Crippen molar-refractivity contribution < 1.29 is 4.74 Å². The molecule has 1 aliphatic rings. The van der Waals surface area contributed by atoms with Gasteiger partial charge in [-0.2, -0.15) is 0 Å². The molecule has 2 rings (SSSR count). The highest BCUT2D eigenvalue weighted by molar-refractivity contribution is 5.85. The first-order valence-corrected chi connectivity index (χ1v) is 5.72. The van der Waals surface area contributed by atoms with E-state index in [-0.39, 0.29) is 12.4 Å². The van der Waals surface area contributed by atoms with E-state index >= 15 is 0 Å². The minimum absolute atomic E-state index is 0. The third-order valence-electron chi connectivity index (χ3n) is 2.86. The number of ether oxygens (including phenoxy) is 1. The number of nitrogens with one attached hydrogen (secondary N) is 1. The van der Waals surface area contributed by atoms with Crippen LogP contribution in [-0.2, 0) is 11.3 Å². The molecule has 0 radical (unpaired) electrons. The molecule has 1 aromatic carbocycles. The average molecular weight is 242 g/mol. The minimum atomic E-state index is 0. The van der Waals surface area contributed by atoms with Gasteiger partial charge in [0, 0.05) is 6.54 Å². The van der Waals surface area contributed by atoms with Crippen LogP contribution in [-0.4, -0.2) is 19.2 Å². The summed E-state index contributed by atoms with van der Waals surface area (Å²) in [5.74, 6) is 0. The predicted molar refractivity (Wildman–Crippen MR) is 69.1 cm³/mol. The molecule has 0 aliphatic carbocycles. The quantitative estimate of drug-likeness (QED) is 0.879. The second-order valence-corrected chi connectivity index (χ2v) is 4.26. The van der Waals surface area contributed by atoms with E-state index in [4.69, 9.17) is 4.74 Å². The van der Waals surface area contributed by atoms with Crippen molar-refractivity contribution in [2.75, 3.05) is 13.1 Å². The zero-order valence-electron chi connectivity index (χ0n) is 9.74. The number of piperidine rings is 1. The molecule has 16 heavy (non-hydrogen) atoms. The Morgan fingerprint density at radius 2 is 2.06 bits per heavy atom. The van der Waals surface area contributed by atoms with E-state index in [9.17, 15) is 0 Å². The van der Waals surface area contributed by atoms with Crippen molar-refractivity contribution in [3.8, 4) is 0 Å². The Hall–Kier alpha value is -0.570. The molecule has 1 heterocycles. The molecule has 1 N–H and O–H groups in total. The highest BCUT2D eigenvalue weighted by Gasteiger charge is 2.12. The van der Waals surface area contributed by atoms with Crippen molar-refractivity contribution in [1.82, 2.24) is 5.32 Å². The van der Waals surface area contributed by atoms with Gasteiger partial charge in [0.2, 0.25) is 0 Å². The molecule has 1 saturated heterocycles. The fourth-order valence-corrected chi connectivity index (χ4v) is 1.86. The van der Waals surface area contributed by atoms with E-state index in [2.05, 4.69) is 36.5 Å². The van der Waals surface area contributed by atoms with Gasteiger partial charge in [-0.3, -0.25) is 0 Å². The lowest BCUT2D eigenvalue weighted by molar-refractivity contribution is 0.0253. The van der Waals surface area contributed by atoms with Gasteiger partial charge in [0.05, 0.1) is 12.7 Å². The third kappa shape index (κ3) is 4.12. The van der Waals surface area contributed by atoms with E-state index in [1.807, 2.05) is 0 Å². The zero-order chi connectivity index (χ0) is 10.5. The summed E-state index contributed by atoms with van der Waals surface area (Å²) in [4.78, 5) is 0. The van der Waals surface area contributed by atoms with E-state index in [0.29, 0.717) is 6.10 Å². The molecule has 1 atom stereocenters. The highest BCUT2D eigenvalue weighted by Crippen LogP contribution is 2.10. The van der Waals surface area contributed by atoms with Crippen LogP contribution >= 0.6 is 12.4 Å². The lowest BCUT2D eigenvalue weighted by Gasteiger charge is -2.23. The van der Waals surface area contributed by atoms with Crippen LogP contribution in [0.15, 0.2) is 24.3 Å². The number of hydrogen-bond donors (Lipinski definition) is 1. The third-order valence-corrected chi connectivity index (χ3v) is 2.86. The molecule has 1 aliphatic heterocycles. The minimum Gasteiger partial charge on any atom is -0.372 e. The average Bonchev–Trinajstić information content (AvgIpc) is 2.30. The van der Waals surface area contributed by atoms with Crippen LogP contribution in [0, 0.1) is 6.92 Å². The predicted octanol–water partition coefficient (Wildman–Crippen LogP) is 2.69. The second kappa shape index (κ2) is 6.89. The molecule has 1 fully saturated rings. The molecule has 0 aromatic heterocycles. The van der Waals surface area contributed by atoms with Gasteiger partial charge in [-0.15, -0.1) is 12.4 Å². The van der Waals surface area contributed by atoms with Crippen molar-refractivity contribution in [2.45, 2.75) is 32.5 Å². The first-order chi connectivity index (χ1) is 7.34. The molecule has 2 nitrogen and oxygen atoms in total. The van der Waals surface area contributed by atoms with Crippen molar-refractivity contribution >= 4 is 12.4 Å². The molecule has 3 heteroatoms. The summed E-state index contributed by atoms with van der Waals surface area (Å²) in [5, 5.41) is 3.36. The lowest BCUT2D eigenvalue weighted by Crippen LogP contribution is -2.35. The Balaban J connectivity index is 0.00000128. The fraction of sp³-hybridized carbons (Fsp3) is 0.538. The summed E-state index contributed by atoms with van der Waals surface area (Å²) in [6.45, 7) is 5.00. The van der Waals surface area contributed by atoms with Gasteiger partial charge < -0.3 is 10.1 Å². The van der Waals surface area contributed by atoms with Crippen LogP contribution in [0.1, 0.15) is 24.0 Å². The Labute approximate surface area is 104 Å². The van der Waals surface area contributed by atoms with Crippen molar-refractivity contribution in [1.29, 1.82) is 0 Å². The summed E-state index contributed by atoms with van der Waals surface area (Å²) < 4.78 is 5.85. The summed E-state index contributed by atoms with van der Waals surface area (Å²) >= 11 is 0. The molecule has 0 saturated carbocycles. The molecule has 0 bridgehead atoms. The van der Waals surface area contributed by atoms with Gasteiger partial charge in [0.25, 0.3) is 0 Å². The van der Waals surface area contributed by atoms with Crippen LogP contribution in [0.3, 0.4) is 0 Å². The molecule has 0 amide bonds. The number of benzene rings is 1. The molecule has 90 valence electrons. The molecule has 1 unspecified atom stereocenters. The summed E-state index contributed by atoms with van der Waals surface area (Å²) in [6.07, 6.45) is 2.83. The van der Waals surface area contributed by atoms with Crippen molar-refractivity contribution in [3.05, 3.63) is 35.4 Å². The smallest absolute Gasteiger partial charge is 0.0721 e. The van der Waals surface area contributed by atoms with Gasteiger partial charge in [0.15, 0.2) is 0 Å². The SMILES string of the molecule is Cc1ccc(COC2CCCNC2)cc1.Cl. The van der Waals surface area contributed by atoms with Gasteiger partial charge in [0.1, 0.15) is 0 Å². The molecule has 0 spiro atoms. The second-order valence-electron chi connectivity index (χ2n) is 4.26. The molecule has 1 aromatic rings. The van der Waals surface area contributed by atoms with Gasteiger partial charge in [-0.05, 0) is 31.9 Å². The summed E-state index contributed by atoms with van der Waals surface area (Å²) in [7, 11) is 0. The van der Waals surface area contributed by atoms with Crippen molar-refractivity contribution in [3.63, 3.8) is 0 Å². The van der Waals surface area contributed by atoms with Crippen LogP contribution in [0.2, 0.25) is 0 Å². The number of halogens is 1. The zero-order valence-corrected chi connectivity index (χ0v) is 10.6. The number of hydrogen-bond acceptors (Lipinski definition) is 2. The van der Waals surface area contributed by atoms with Crippen LogP contribution in [0.4, 0.5) is 0 Å². The first kappa shape index (κ1) is 13.5. The van der Waals surface area contributed by atoms with Gasteiger partial charge in [-0.1, -0.05) is 29.8 Å². The first-order valence-electron chi connectivity index (χ1n) is 5.72. The van der Waals surface area contributed by atoms with E-state index in [1.165, 1.54) is 24.0 Å².